The first kappa shape index (κ1) is 23.4. The number of aromatic nitrogens is 3. The smallest absolute Gasteiger partial charge is 0.341 e. The second kappa shape index (κ2) is 8.12. The highest BCUT2D eigenvalue weighted by molar-refractivity contribution is 5.99. The maximum absolute atomic E-state index is 15.2. The number of aromatic amines is 1. The van der Waals surface area contributed by atoms with Gasteiger partial charge < -0.3 is 14.4 Å². The molecule has 0 amide bonds. The van der Waals surface area contributed by atoms with Crippen LogP contribution in [0.4, 0.5) is 13.2 Å². The number of benzene rings is 2. The molecule has 0 saturated heterocycles. The van der Waals surface area contributed by atoms with E-state index < -0.39 is 34.6 Å². The zero-order chi connectivity index (χ0) is 25.1. The van der Waals surface area contributed by atoms with Gasteiger partial charge in [0, 0.05) is 40.7 Å². The molecule has 184 valence electrons. The van der Waals surface area contributed by atoms with Gasteiger partial charge in [-0.05, 0) is 55.0 Å². The predicted octanol–water partition coefficient (Wildman–Crippen LogP) is 5.77. The molecule has 1 saturated carbocycles. The Bertz CT molecular complexity index is 1460. The van der Waals surface area contributed by atoms with E-state index in [0.29, 0.717) is 24.2 Å². The van der Waals surface area contributed by atoms with Crippen molar-refractivity contribution in [3.8, 4) is 5.69 Å². The highest BCUT2D eigenvalue weighted by atomic mass is 19.2. The largest absolute Gasteiger partial charge is 0.479 e. The lowest BCUT2D eigenvalue weighted by Crippen LogP contribution is -2.31. The number of aliphatic carboxylic acids is 1. The lowest BCUT2D eigenvalue weighted by atomic mass is 9.82. The fourth-order valence-corrected chi connectivity index (χ4v) is 5.59. The average Bonchev–Trinajstić information content (AvgIpc) is 3.50. The monoisotopic (exact) mass is 485 g/mol. The van der Waals surface area contributed by atoms with Crippen LogP contribution in [0.25, 0.3) is 27.5 Å². The number of nitrogens with zero attached hydrogens (tertiary/aromatic N) is 2. The van der Waals surface area contributed by atoms with Gasteiger partial charge in [0.25, 0.3) is 0 Å². The van der Waals surface area contributed by atoms with Crippen LogP contribution in [0.5, 0.6) is 0 Å². The molecule has 0 spiro atoms. The van der Waals surface area contributed by atoms with E-state index in [9.17, 15) is 18.7 Å². The van der Waals surface area contributed by atoms with Crippen molar-refractivity contribution < 1.29 is 27.8 Å². The lowest BCUT2D eigenvalue weighted by molar-refractivity contribution is -0.150. The maximum Gasteiger partial charge on any atom is 0.341 e. The number of carboxylic acid groups (broad SMARTS) is 1. The molecule has 0 unspecified atom stereocenters. The number of ether oxygens (including phenoxy) is 1. The molecule has 1 aliphatic rings. The van der Waals surface area contributed by atoms with Crippen LogP contribution in [-0.2, 0) is 14.9 Å². The number of halogens is 3. The van der Waals surface area contributed by atoms with Crippen molar-refractivity contribution in [2.24, 2.45) is 0 Å². The van der Waals surface area contributed by atoms with Crippen LogP contribution in [0.1, 0.15) is 50.3 Å². The molecule has 0 bridgehead atoms. The number of nitrogens with one attached hydrogen (secondary N) is 1. The molecule has 1 aliphatic carbocycles. The summed E-state index contributed by atoms with van der Waals surface area (Å²) in [6.07, 6.45) is 1.75. The number of H-pyrrole nitrogens is 1. The van der Waals surface area contributed by atoms with Crippen molar-refractivity contribution in [2.75, 3.05) is 13.7 Å². The normalized spacial score (nSPS) is 20.8. The van der Waals surface area contributed by atoms with Crippen LogP contribution in [0.15, 0.2) is 36.5 Å². The third kappa shape index (κ3) is 3.69. The van der Waals surface area contributed by atoms with Crippen LogP contribution in [0.2, 0.25) is 0 Å². The molecule has 2 aromatic heterocycles. The molecular weight excluding hydrogens is 459 g/mol. The summed E-state index contributed by atoms with van der Waals surface area (Å²) in [4.78, 5) is 11.7. The summed E-state index contributed by atoms with van der Waals surface area (Å²) in [5, 5.41) is 18.2. The number of hydrogen-bond donors (Lipinski definition) is 2. The van der Waals surface area contributed by atoms with E-state index >= 15 is 4.39 Å². The van der Waals surface area contributed by atoms with Crippen LogP contribution in [0.3, 0.4) is 0 Å². The van der Waals surface area contributed by atoms with Crippen LogP contribution >= 0.6 is 0 Å². The molecule has 1 fully saturated rings. The number of hydrogen-bond acceptors (Lipinski definition) is 3. The lowest BCUT2D eigenvalue weighted by Gasteiger charge is -2.29. The minimum atomic E-state index is -2.32. The van der Waals surface area contributed by atoms with Gasteiger partial charge in [0.15, 0.2) is 11.6 Å². The first-order valence-electron chi connectivity index (χ1n) is 11.4. The summed E-state index contributed by atoms with van der Waals surface area (Å²) >= 11 is 0. The third-order valence-corrected chi connectivity index (χ3v) is 7.12. The summed E-state index contributed by atoms with van der Waals surface area (Å²) in [6.45, 7) is 4.23. The average molecular weight is 486 g/mol. The first-order valence-corrected chi connectivity index (χ1v) is 11.4. The topological polar surface area (TPSA) is 80.1 Å². The van der Waals surface area contributed by atoms with Gasteiger partial charge in [0.1, 0.15) is 0 Å². The standard InChI is InChI=1S/C26H26F3N3O3/c1-25(2,13-35-3)23-22(14-6-7-26(29,11-14)24(33)34)17-10-20-15(12-30-31-20)8-21(17)32(23)16-4-5-18(27)19(28)9-16/h4-5,8-10,12,14H,6-7,11,13H2,1-3H3,(H,30,31)(H,33,34)/t14-,26+/m1/s1. The SMILES string of the molecule is COCC(C)(C)c1c([C@@H]2CC[C@@](F)(C(=O)O)C2)c2cc3[nH]ncc3cc2n1-c1ccc(F)c(F)c1. The van der Waals surface area contributed by atoms with E-state index in [4.69, 9.17) is 4.74 Å². The molecule has 2 atom stereocenters. The zero-order valence-corrected chi connectivity index (χ0v) is 19.7. The molecule has 2 heterocycles. The molecular formula is C26H26F3N3O3. The number of carbonyl (C=O) groups is 1. The number of carboxylic acids is 1. The Hall–Kier alpha value is -3.33. The van der Waals surface area contributed by atoms with Gasteiger partial charge in [-0.25, -0.2) is 18.0 Å². The molecule has 35 heavy (non-hydrogen) atoms. The van der Waals surface area contributed by atoms with E-state index in [2.05, 4.69) is 10.2 Å². The van der Waals surface area contributed by atoms with Gasteiger partial charge in [-0.1, -0.05) is 13.8 Å². The van der Waals surface area contributed by atoms with Crippen molar-refractivity contribution in [1.82, 2.24) is 14.8 Å². The van der Waals surface area contributed by atoms with Crippen molar-refractivity contribution in [1.29, 1.82) is 0 Å². The minimum absolute atomic E-state index is 0.0959. The van der Waals surface area contributed by atoms with Gasteiger partial charge in [-0.15, -0.1) is 0 Å². The van der Waals surface area contributed by atoms with Gasteiger partial charge >= 0.3 is 5.97 Å². The van der Waals surface area contributed by atoms with Crippen LogP contribution in [-0.4, -0.2) is 45.2 Å². The van der Waals surface area contributed by atoms with E-state index in [-0.39, 0.29) is 12.8 Å². The first-order chi connectivity index (χ1) is 16.6. The molecule has 5 rings (SSSR count). The Morgan fingerprint density at radius 3 is 2.71 bits per heavy atom. The van der Waals surface area contributed by atoms with E-state index in [1.54, 1.807) is 13.3 Å². The zero-order valence-electron chi connectivity index (χ0n) is 19.7. The molecule has 2 aromatic carbocycles. The summed E-state index contributed by atoms with van der Waals surface area (Å²) in [5.41, 5.74) is 0.479. The quantitative estimate of drug-likeness (QED) is 0.363. The minimum Gasteiger partial charge on any atom is -0.479 e. The molecule has 9 heteroatoms. The fourth-order valence-electron chi connectivity index (χ4n) is 5.59. The fraction of sp³-hybridized carbons (Fsp3) is 0.385. The Balaban J connectivity index is 1.88. The maximum atomic E-state index is 15.2. The van der Waals surface area contributed by atoms with Gasteiger partial charge in [0.05, 0.1) is 23.8 Å². The molecule has 2 N–H and O–H groups in total. The Morgan fingerprint density at radius 2 is 2.06 bits per heavy atom. The van der Waals surface area contributed by atoms with Crippen molar-refractivity contribution >= 4 is 27.8 Å². The second-order valence-corrected chi connectivity index (χ2v) is 10.0. The van der Waals surface area contributed by atoms with Crippen LogP contribution < -0.4 is 0 Å². The summed E-state index contributed by atoms with van der Waals surface area (Å²) in [6, 6.07) is 7.52. The van der Waals surface area contributed by atoms with Gasteiger partial charge in [-0.3, -0.25) is 5.10 Å². The highest BCUT2D eigenvalue weighted by Gasteiger charge is 2.48. The van der Waals surface area contributed by atoms with Gasteiger partial charge in [0.2, 0.25) is 5.67 Å². The van der Waals surface area contributed by atoms with E-state index in [1.165, 1.54) is 6.07 Å². The van der Waals surface area contributed by atoms with Crippen LogP contribution in [0, 0.1) is 11.6 Å². The van der Waals surface area contributed by atoms with E-state index in [1.807, 2.05) is 30.5 Å². The second-order valence-electron chi connectivity index (χ2n) is 10.0. The predicted molar refractivity (Wildman–Crippen MR) is 126 cm³/mol. The van der Waals surface area contributed by atoms with Crippen molar-refractivity contribution in [2.45, 2.75) is 50.1 Å². The number of methoxy groups -OCH3 is 1. The third-order valence-electron chi connectivity index (χ3n) is 7.12. The molecule has 6 nitrogen and oxygen atoms in total. The summed E-state index contributed by atoms with van der Waals surface area (Å²) < 4.78 is 50.9. The molecule has 4 aromatic rings. The highest BCUT2D eigenvalue weighted by Crippen LogP contribution is 2.50. The molecule has 0 radical (unpaired) electrons. The number of fused-ring (bicyclic) bond motifs is 2. The summed E-state index contributed by atoms with van der Waals surface area (Å²) in [5.74, 6) is -3.80. The number of rotatable bonds is 6. The Morgan fingerprint density at radius 1 is 1.29 bits per heavy atom. The number of alkyl halides is 1. The van der Waals surface area contributed by atoms with E-state index in [0.717, 1.165) is 39.7 Å². The van der Waals surface area contributed by atoms with Gasteiger partial charge in [-0.2, -0.15) is 5.10 Å². The Kier molecular flexibility index (Phi) is 5.43. The Labute approximate surface area is 199 Å². The van der Waals surface area contributed by atoms with Crippen molar-refractivity contribution in [3.63, 3.8) is 0 Å². The van der Waals surface area contributed by atoms with Crippen molar-refractivity contribution in [3.05, 3.63) is 59.4 Å². The molecule has 0 aliphatic heterocycles. The summed E-state index contributed by atoms with van der Waals surface area (Å²) in [7, 11) is 1.58.